The molecule has 152 valence electrons. The van der Waals surface area contributed by atoms with Crippen molar-refractivity contribution >= 4 is 12.1 Å². The second kappa shape index (κ2) is 11.2. The van der Waals surface area contributed by atoms with Gasteiger partial charge in [-0.3, -0.25) is 4.79 Å². The SMILES string of the molecule is C=CCc1ccccc1OCC(=O)N/N=C/c1ccc(OCc2ccccc2)cc1. The maximum absolute atomic E-state index is 12.0. The average Bonchev–Trinajstić information content (AvgIpc) is 2.79. The van der Waals surface area contributed by atoms with Crippen LogP contribution in [0.1, 0.15) is 16.7 Å². The van der Waals surface area contributed by atoms with Crippen molar-refractivity contribution in [3.63, 3.8) is 0 Å². The van der Waals surface area contributed by atoms with E-state index in [1.807, 2.05) is 78.9 Å². The first kappa shape index (κ1) is 20.9. The lowest BCUT2D eigenvalue weighted by molar-refractivity contribution is -0.123. The smallest absolute Gasteiger partial charge is 0.277 e. The molecule has 0 aliphatic rings. The monoisotopic (exact) mass is 400 g/mol. The molecule has 0 saturated heterocycles. The van der Waals surface area contributed by atoms with E-state index in [0.717, 1.165) is 22.4 Å². The molecular formula is C25H24N2O3. The maximum Gasteiger partial charge on any atom is 0.277 e. The molecule has 0 aliphatic heterocycles. The zero-order valence-corrected chi connectivity index (χ0v) is 16.7. The van der Waals surface area contributed by atoms with Crippen LogP contribution < -0.4 is 14.9 Å². The van der Waals surface area contributed by atoms with E-state index in [1.54, 1.807) is 12.3 Å². The number of hydrogen-bond donors (Lipinski definition) is 1. The van der Waals surface area contributed by atoms with Gasteiger partial charge >= 0.3 is 0 Å². The van der Waals surface area contributed by atoms with Crippen molar-refractivity contribution in [3.05, 3.63) is 108 Å². The third-order valence-corrected chi connectivity index (χ3v) is 4.23. The lowest BCUT2D eigenvalue weighted by atomic mass is 10.1. The lowest BCUT2D eigenvalue weighted by Crippen LogP contribution is -2.24. The van der Waals surface area contributed by atoms with E-state index >= 15 is 0 Å². The molecule has 1 amide bonds. The van der Waals surface area contributed by atoms with E-state index in [0.29, 0.717) is 18.8 Å². The summed E-state index contributed by atoms with van der Waals surface area (Å²) < 4.78 is 11.3. The molecule has 1 N–H and O–H groups in total. The van der Waals surface area contributed by atoms with E-state index in [9.17, 15) is 4.79 Å². The predicted molar refractivity (Wildman–Crippen MR) is 119 cm³/mol. The van der Waals surface area contributed by atoms with Crippen LogP contribution >= 0.6 is 0 Å². The Labute approximate surface area is 176 Å². The third kappa shape index (κ3) is 6.63. The number of carbonyl (C=O) groups excluding carboxylic acids is 1. The molecule has 3 rings (SSSR count). The number of allylic oxidation sites excluding steroid dienone is 1. The average molecular weight is 400 g/mol. The predicted octanol–water partition coefficient (Wildman–Crippen LogP) is 4.52. The molecule has 3 aromatic rings. The quantitative estimate of drug-likeness (QED) is 0.309. The Morgan fingerprint density at radius 3 is 2.43 bits per heavy atom. The van der Waals surface area contributed by atoms with Gasteiger partial charge in [0.15, 0.2) is 6.61 Å². The fourth-order valence-electron chi connectivity index (χ4n) is 2.71. The second-order valence-corrected chi connectivity index (χ2v) is 6.53. The van der Waals surface area contributed by atoms with E-state index in [-0.39, 0.29) is 12.5 Å². The van der Waals surface area contributed by atoms with E-state index < -0.39 is 0 Å². The number of amides is 1. The standard InChI is InChI=1S/C25H24N2O3/c1-2-8-22-11-6-7-12-24(22)30-19-25(28)27-26-17-20-13-15-23(16-14-20)29-18-21-9-4-3-5-10-21/h2-7,9-17H,1,8,18-19H2,(H,27,28)/b26-17+. The highest BCUT2D eigenvalue weighted by molar-refractivity contribution is 5.83. The van der Waals surface area contributed by atoms with E-state index in [1.165, 1.54) is 0 Å². The molecule has 3 aromatic carbocycles. The number of para-hydroxylation sites is 1. The highest BCUT2D eigenvalue weighted by Crippen LogP contribution is 2.18. The maximum atomic E-state index is 12.0. The highest BCUT2D eigenvalue weighted by atomic mass is 16.5. The summed E-state index contributed by atoms with van der Waals surface area (Å²) in [7, 11) is 0. The molecule has 0 spiro atoms. The van der Waals surface area contributed by atoms with Crippen LogP contribution in [0.15, 0.2) is 96.6 Å². The van der Waals surface area contributed by atoms with Gasteiger partial charge in [0.05, 0.1) is 6.21 Å². The second-order valence-electron chi connectivity index (χ2n) is 6.53. The molecule has 0 bridgehead atoms. The fraction of sp³-hybridized carbons (Fsp3) is 0.120. The van der Waals surface area contributed by atoms with Gasteiger partial charge in [-0.05, 0) is 53.4 Å². The van der Waals surface area contributed by atoms with Crippen molar-refractivity contribution in [3.8, 4) is 11.5 Å². The largest absolute Gasteiger partial charge is 0.489 e. The summed E-state index contributed by atoms with van der Waals surface area (Å²) in [6.45, 7) is 4.13. The summed E-state index contributed by atoms with van der Waals surface area (Å²) in [4.78, 5) is 12.0. The van der Waals surface area contributed by atoms with Crippen molar-refractivity contribution in [1.29, 1.82) is 0 Å². The number of hydrogen-bond acceptors (Lipinski definition) is 4. The minimum atomic E-state index is -0.331. The van der Waals surface area contributed by atoms with Gasteiger partial charge in [0.1, 0.15) is 18.1 Å². The molecular weight excluding hydrogens is 376 g/mol. The third-order valence-electron chi connectivity index (χ3n) is 4.23. The number of benzene rings is 3. The molecule has 0 aromatic heterocycles. The van der Waals surface area contributed by atoms with Crippen molar-refractivity contribution < 1.29 is 14.3 Å². The molecule has 0 saturated carbocycles. The molecule has 5 nitrogen and oxygen atoms in total. The fourth-order valence-corrected chi connectivity index (χ4v) is 2.71. The molecule has 0 heterocycles. The Hall–Kier alpha value is -3.86. The minimum absolute atomic E-state index is 0.113. The van der Waals surface area contributed by atoms with Gasteiger partial charge in [0.25, 0.3) is 5.91 Å². The first-order chi connectivity index (χ1) is 14.7. The van der Waals surface area contributed by atoms with Crippen LogP contribution in [0.25, 0.3) is 0 Å². The zero-order chi connectivity index (χ0) is 21.0. The summed E-state index contributed by atoms with van der Waals surface area (Å²) in [6, 6.07) is 25.0. The van der Waals surface area contributed by atoms with Crippen LogP contribution in [-0.4, -0.2) is 18.7 Å². The molecule has 0 radical (unpaired) electrons. The molecule has 0 unspecified atom stereocenters. The molecule has 5 heteroatoms. The Morgan fingerprint density at radius 1 is 0.933 bits per heavy atom. The summed E-state index contributed by atoms with van der Waals surface area (Å²) in [5.74, 6) is 1.11. The number of rotatable bonds is 10. The van der Waals surface area contributed by atoms with Gasteiger partial charge in [-0.1, -0.05) is 54.6 Å². The first-order valence-corrected chi connectivity index (χ1v) is 9.65. The topological polar surface area (TPSA) is 59.9 Å². The molecule has 0 aliphatic carbocycles. The normalized spacial score (nSPS) is 10.5. The van der Waals surface area contributed by atoms with Crippen LogP contribution in [0.5, 0.6) is 11.5 Å². The van der Waals surface area contributed by atoms with Gasteiger partial charge < -0.3 is 9.47 Å². The summed E-state index contributed by atoms with van der Waals surface area (Å²) in [6.07, 6.45) is 4.05. The summed E-state index contributed by atoms with van der Waals surface area (Å²) >= 11 is 0. The Bertz CT molecular complexity index is 983. The number of nitrogens with zero attached hydrogens (tertiary/aromatic N) is 1. The van der Waals surface area contributed by atoms with Gasteiger partial charge in [-0.15, -0.1) is 6.58 Å². The Morgan fingerprint density at radius 2 is 1.67 bits per heavy atom. The van der Waals surface area contributed by atoms with Crippen molar-refractivity contribution in [2.45, 2.75) is 13.0 Å². The van der Waals surface area contributed by atoms with E-state index in [2.05, 4.69) is 17.1 Å². The van der Waals surface area contributed by atoms with Crippen molar-refractivity contribution in [2.24, 2.45) is 5.10 Å². The van der Waals surface area contributed by atoms with Crippen molar-refractivity contribution in [1.82, 2.24) is 5.43 Å². The summed E-state index contributed by atoms with van der Waals surface area (Å²) in [5.41, 5.74) is 5.41. The first-order valence-electron chi connectivity index (χ1n) is 9.65. The Balaban J connectivity index is 1.43. The van der Waals surface area contributed by atoms with Crippen LogP contribution in [0.4, 0.5) is 0 Å². The van der Waals surface area contributed by atoms with Gasteiger partial charge in [-0.2, -0.15) is 5.10 Å². The molecule has 0 fully saturated rings. The number of carbonyl (C=O) groups is 1. The lowest BCUT2D eigenvalue weighted by Gasteiger charge is -2.09. The van der Waals surface area contributed by atoms with Crippen molar-refractivity contribution in [2.75, 3.05) is 6.61 Å². The number of nitrogens with one attached hydrogen (secondary N) is 1. The molecule has 30 heavy (non-hydrogen) atoms. The van der Waals surface area contributed by atoms with E-state index in [4.69, 9.17) is 9.47 Å². The molecule has 0 atom stereocenters. The van der Waals surface area contributed by atoms with Crippen LogP contribution in [0.3, 0.4) is 0 Å². The van der Waals surface area contributed by atoms with Crippen LogP contribution in [0.2, 0.25) is 0 Å². The van der Waals surface area contributed by atoms with Gasteiger partial charge in [0.2, 0.25) is 0 Å². The minimum Gasteiger partial charge on any atom is -0.489 e. The van der Waals surface area contributed by atoms with Crippen LogP contribution in [0, 0.1) is 0 Å². The van der Waals surface area contributed by atoms with Crippen LogP contribution in [-0.2, 0) is 17.8 Å². The number of ether oxygens (including phenoxy) is 2. The highest BCUT2D eigenvalue weighted by Gasteiger charge is 2.05. The summed E-state index contributed by atoms with van der Waals surface area (Å²) in [5, 5.41) is 3.97. The Kier molecular flexibility index (Phi) is 7.80. The van der Waals surface area contributed by atoms with Gasteiger partial charge in [0, 0.05) is 0 Å². The van der Waals surface area contributed by atoms with Gasteiger partial charge in [-0.25, -0.2) is 5.43 Å². The number of hydrazone groups is 1. The zero-order valence-electron chi connectivity index (χ0n) is 16.7.